The van der Waals surface area contributed by atoms with Gasteiger partial charge in [-0.1, -0.05) is 18.2 Å². The van der Waals surface area contributed by atoms with Crippen LogP contribution in [0.15, 0.2) is 54.7 Å². The standard InChI is InChI=1S/C18H18N2O2/c1-20(14-6-4-3-5-7-14)18(21)10-13-12-19-17-11-15(22-2)8-9-16(13)17/h3-9,11-12,19H,10H2,1-2H3. The van der Waals surface area contributed by atoms with E-state index in [0.29, 0.717) is 6.42 Å². The first-order chi connectivity index (χ1) is 10.7. The van der Waals surface area contributed by atoms with E-state index in [-0.39, 0.29) is 5.91 Å². The Labute approximate surface area is 129 Å². The number of aromatic amines is 1. The van der Waals surface area contributed by atoms with Crippen LogP contribution in [0.3, 0.4) is 0 Å². The maximum absolute atomic E-state index is 12.5. The van der Waals surface area contributed by atoms with Crippen molar-refractivity contribution in [3.05, 3.63) is 60.3 Å². The summed E-state index contributed by atoms with van der Waals surface area (Å²) in [5.41, 5.74) is 2.86. The van der Waals surface area contributed by atoms with Crippen LogP contribution in [-0.2, 0) is 11.2 Å². The van der Waals surface area contributed by atoms with Crippen LogP contribution in [0, 0.1) is 0 Å². The first kappa shape index (κ1) is 14.2. The van der Waals surface area contributed by atoms with E-state index in [9.17, 15) is 4.79 Å². The van der Waals surface area contributed by atoms with Crippen molar-refractivity contribution >= 4 is 22.5 Å². The zero-order chi connectivity index (χ0) is 15.5. The Bertz CT molecular complexity index is 793. The van der Waals surface area contributed by atoms with Crippen molar-refractivity contribution in [3.8, 4) is 5.75 Å². The second kappa shape index (κ2) is 5.93. The van der Waals surface area contributed by atoms with Gasteiger partial charge in [0.05, 0.1) is 13.5 Å². The van der Waals surface area contributed by atoms with Crippen LogP contribution in [0.4, 0.5) is 5.69 Å². The first-order valence-corrected chi connectivity index (χ1v) is 7.14. The van der Waals surface area contributed by atoms with E-state index in [1.165, 1.54) is 0 Å². The maximum Gasteiger partial charge on any atom is 0.231 e. The predicted molar refractivity (Wildman–Crippen MR) is 88.4 cm³/mol. The summed E-state index contributed by atoms with van der Waals surface area (Å²) >= 11 is 0. The Balaban J connectivity index is 1.82. The van der Waals surface area contributed by atoms with Gasteiger partial charge in [0.2, 0.25) is 5.91 Å². The van der Waals surface area contributed by atoms with Crippen molar-refractivity contribution in [2.75, 3.05) is 19.1 Å². The summed E-state index contributed by atoms with van der Waals surface area (Å²) in [5, 5.41) is 1.05. The molecule has 1 N–H and O–H groups in total. The molecule has 0 aliphatic heterocycles. The van der Waals surface area contributed by atoms with Crippen molar-refractivity contribution in [1.29, 1.82) is 0 Å². The average molecular weight is 294 g/mol. The lowest BCUT2D eigenvalue weighted by Gasteiger charge is -2.17. The Kier molecular flexibility index (Phi) is 3.83. The highest BCUT2D eigenvalue weighted by atomic mass is 16.5. The van der Waals surface area contributed by atoms with E-state index in [2.05, 4.69) is 4.98 Å². The number of hydrogen-bond acceptors (Lipinski definition) is 2. The fourth-order valence-electron chi connectivity index (χ4n) is 2.52. The molecule has 112 valence electrons. The van der Waals surface area contributed by atoms with E-state index in [1.54, 1.807) is 19.1 Å². The van der Waals surface area contributed by atoms with Crippen molar-refractivity contribution in [2.24, 2.45) is 0 Å². The number of benzene rings is 2. The number of likely N-dealkylation sites (N-methyl/N-ethyl adjacent to an activating group) is 1. The molecule has 0 radical (unpaired) electrons. The SMILES string of the molecule is COc1ccc2c(CC(=O)N(C)c3ccccc3)c[nH]c2c1. The molecule has 2 aromatic carbocycles. The third-order valence-electron chi connectivity index (χ3n) is 3.83. The summed E-state index contributed by atoms with van der Waals surface area (Å²) < 4.78 is 5.21. The number of carbonyl (C=O) groups is 1. The molecule has 0 unspecified atom stereocenters. The fraction of sp³-hybridized carbons (Fsp3) is 0.167. The number of amides is 1. The number of H-pyrrole nitrogens is 1. The topological polar surface area (TPSA) is 45.3 Å². The summed E-state index contributed by atoms with van der Waals surface area (Å²) in [5.74, 6) is 0.858. The minimum atomic E-state index is 0.0583. The first-order valence-electron chi connectivity index (χ1n) is 7.14. The molecular weight excluding hydrogens is 276 g/mol. The van der Waals surface area contributed by atoms with E-state index in [4.69, 9.17) is 4.74 Å². The molecule has 0 saturated heterocycles. The summed E-state index contributed by atoms with van der Waals surface area (Å²) in [7, 11) is 3.44. The Morgan fingerprint density at radius 1 is 1.18 bits per heavy atom. The molecule has 4 nitrogen and oxygen atoms in total. The third-order valence-corrected chi connectivity index (χ3v) is 3.83. The number of carbonyl (C=O) groups excluding carboxylic acids is 1. The minimum absolute atomic E-state index is 0.0583. The maximum atomic E-state index is 12.5. The molecule has 0 aliphatic carbocycles. The van der Waals surface area contributed by atoms with Crippen LogP contribution < -0.4 is 9.64 Å². The van der Waals surface area contributed by atoms with Gasteiger partial charge in [-0.2, -0.15) is 0 Å². The molecule has 0 saturated carbocycles. The summed E-state index contributed by atoms with van der Waals surface area (Å²) in [4.78, 5) is 17.3. The number of fused-ring (bicyclic) bond motifs is 1. The molecule has 0 spiro atoms. The Morgan fingerprint density at radius 3 is 2.68 bits per heavy atom. The van der Waals surface area contributed by atoms with Gasteiger partial charge in [-0.3, -0.25) is 4.79 Å². The van der Waals surface area contributed by atoms with Crippen molar-refractivity contribution in [3.63, 3.8) is 0 Å². The van der Waals surface area contributed by atoms with Crippen LogP contribution in [0.2, 0.25) is 0 Å². The molecule has 1 aromatic heterocycles. The molecule has 22 heavy (non-hydrogen) atoms. The van der Waals surface area contributed by atoms with Crippen LogP contribution in [0.25, 0.3) is 10.9 Å². The molecule has 0 bridgehead atoms. The lowest BCUT2D eigenvalue weighted by Crippen LogP contribution is -2.27. The lowest BCUT2D eigenvalue weighted by molar-refractivity contribution is -0.117. The van der Waals surface area contributed by atoms with Crippen LogP contribution in [-0.4, -0.2) is 25.0 Å². The van der Waals surface area contributed by atoms with Gasteiger partial charge in [-0.15, -0.1) is 0 Å². The molecule has 0 fully saturated rings. The van der Waals surface area contributed by atoms with Crippen molar-refractivity contribution in [2.45, 2.75) is 6.42 Å². The summed E-state index contributed by atoms with van der Waals surface area (Å²) in [6.45, 7) is 0. The number of anilines is 1. The molecule has 1 heterocycles. The number of rotatable bonds is 4. The highest BCUT2D eigenvalue weighted by Crippen LogP contribution is 2.24. The number of para-hydroxylation sites is 1. The van der Waals surface area contributed by atoms with Gasteiger partial charge in [0.1, 0.15) is 5.75 Å². The molecular formula is C18H18N2O2. The fourth-order valence-corrected chi connectivity index (χ4v) is 2.52. The quantitative estimate of drug-likeness (QED) is 0.801. The number of ether oxygens (including phenoxy) is 1. The second-order valence-corrected chi connectivity index (χ2v) is 5.19. The predicted octanol–water partition coefficient (Wildman–Crippen LogP) is 3.38. The van der Waals surface area contributed by atoms with Gasteiger partial charge < -0.3 is 14.6 Å². The second-order valence-electron chi connectivity index (χ2n) is 5.19. The number of aromatic nitrogens is 1. The van der Waals surface area contributed by atoms with Crippen molar-refractivity contribution in [1.82, 2.24) is 4.98 Å². The summed E-state index contributed by atoms with van der Waals surface area (Å²) in [6.07, 6.45) is 2.25. The van der Waals surface area contributed by atoms with Crippen LogP contribution in [0.1, 0.15) is 5.56 Å². The Hall–Kier alpha value is -2.75. The summed E-state index contributed by atoms with van der Waals surface area (Å²) in [6, 6.07) is 15.5. The Morgan fingerprint density at radius 2 is 1.95 bits per heavy atom. The van der Waals surface area contributed by atoms with Crippen LogP contribution in [0.5, 0.6) is 5.75 Å². The van der Waals surface area contributed by atoms with E-state index < -0.39 is 0 Å². The van der Waals surface area contributed by atoms with Crippen LogP contribution >= 0.6 is 0 Å². The highest BCUT2D eigenvalue weighted by Gasteiger charge is 2.14. The largest absolute Gasteiger partial charge is 0.497 e. The molecule has 4 heteroatoms. The molecule has 3 aromatic rings. The highest BCUT2D eigenvalue weighted by molar-refractivity contribution is 5.97. The van der Waals surface area contributed by atoms with Crippen molar-refractivity contribution < 1.29 is 9.53 Å². The minimum Gasteiger partial charge on any atom is -0.497 e. The average Bonchev–Trinajstić information content (AvgIpc) is 2.97. The van der Waals surface area contributed by atoms with Gasteiger partial charge in [-0.05, 0) is 29.8 Å². The molecule has 0 aliphatic rings. The van der Waals surface area contributed by atoms with E-state index in [0.717, 1.165) is 27.9 Å². The molecule has 0 atom stereocenters. The monoisotopic (exact) mass is 294 g/mol. The normalized spacial score (nSPS) is 10.6. The zero-order valence-electron chi connectivity index (χ0n) is 12.7. The van der Waals surface area contributed by atoms with Gasteiger partial charge >= 0.3 is 0 Å². The number of methoxy groups -OCH3 is 1. The van der Waals surface area contributed by atoms with E-state index >= 15 is 0 Å². The third kappa shape index (κ3) is 2.68. The zero-order valence-corrected chi connectivity index (χ0v) is 12.7. The lowest BCUT2D eigenvalue weighted by atomic mass is 10.1. The van der Waals surface area contributed by atoms with Gasteiger partial charge in [0, 0.05) is 35.9 Å². The number of hydrogen-bond donors (Lipinski definition) is 1. The molecule has 3 rings (SSSR count). The van der Waals surface area contributed by atoms with Gasteiger partial charge in [0.25, 0.3) is 0 Å². The number of nitrogens with zero attached hydrogens (tertiary/aromatic N) is 1. The van der Waals surface area contributed by atoms with Gasteiger partial charge in [0.15, 0.2) is 0 Å². The smallest absolute Gasteiger partial charge is 0.231 e. The van der Waals surface area contributed by atoms with E-state index in [1.807, 2.05) is 54.7 Å². The number of nitrogens with one attached hydrogen (secondary N) is 1. The molecule has 1 amide bonds. The van der Waals surface area contributed by atoms with Gasteiger partial charge in [-0.25, -0.2) is 0 Å².